The van der Waals surface area contributed by atoms with E-state index in [-0.39, 0.29) is 35.1 Å². The van der Waals surface area contributed by atoms with Crippen molar-refractivity contribution in [2.45, 2.75) is 37.8 Å². The highest BCUT2D eigenvalue weighted by Crippen LogP contribution is 2.40. The monoisotopic (exact) mass is 494 g/mol. The molecule has 3 heterocycles. The molecule has 10 heteroatoms. The molecule has 1 saturated carbocycles. The molecule has 188 valence electrons. The molecule has 0 amide bonds. The maximum atomic E-state index is 14.7. The molecular formula is C26H28F2N6O2. The lowest BCUT2D eigenvalue weighted by Crippen LogP contribution is -2.45. The zero-order chi connectivity index (χ0) is 25.4. The van der Waals surface area contributed by atoms with Crippen LogP contribution in [0.3, 0.4) is 0 Å². The number of nitrogens with two attached hydrogens (primary N) is 1. The molecule has 0 saturated heterocycles. The molecule has 1 aliphatic rings. The highest BCUT2D eigenvalue weighted by Gasteiger charge is 2.35. The van der Waals surface area contributed by atoms with Crippen molar-refractivity contribution in [1.29, 1.82) is 0 Å². The van der Waals surface area contributed by atoms with Crippen LogP contribution in [0.5, 0.6) is 5.75 Å². The summed E-state index contributed by atoms with van der Waals surface area (Å²) in [5.41, 5.74) is 8.83. The maximum absolute atomic E-state index is 14.7. The number of anilines is 2. The Bertz CT molecular complexity index is 1360. The lowest BCUT2D eigenvalue weighted by atomic mass is 9.74. The molecule has 4 aromatic rings. The SMILES string of the molecule is COc1cc(F)c(-c2ccc3cnc(Nc4cnccc4[C@H]4C[C@@H](N)[C@H](OC)[C@@H](C)C4)n3n2)c(F)c1. The van der Waals surface area contributed by atoms with Crippen molar-refractivity contribution < 1.29 is 18.3 Å². The molecule has 8 nitrogen and oxygen atoms in total. The molecule has 0 bridgehead atoms. The number of imidazole rings is 1. The van der Waals surface area contributed by atoms with E-state index < -0.39 is 11.6 Å². The Kier molecular flexibility index (Phi) is 6.55. The van der Waals surface area contributed by atoms with Gasteiger partial charge in [0.15, 0.2) is 0 Å². The first kappa shape index (κ1) is 24.1. The number of ether oxygens (including phenoxy) is 2. The first-order valence-corrected chi connectivity index (χ1v) is 11.8. The number of methoxy groups -OCH3 is 2. The number of halogens is 2. The molecular weight excluding hydrogens is 466 g/mol. The van der Waals surface area contributed by atoms with E-state index in [0.717, 1.165) is 36.2 Å². The van der Waals surface area contributed by atoms with Gasteiger partial charge in [0.25, 0.3) is 0 Å². The van der Waals surface area contributed by atoms with Gasteiger partial charge in [0.05, 0.1) is 48.1 Å². The molecule has 5 rings (SSSR count). The summed E-state index contributed by atoms with van der Waals surface area (Å²) in [5, 5.41) is 7.80. The lowest BCUT2D eigenvalue weighted by Gasteiger charge is -2.38. The summed E-state index contributed by atoms with van der Waals surface area (Å²) in [6.07, 6.45) is 6.86. The number of aromatic nitrogens is 4. The van der Waals surface area contributed by atoms with Gasteiger partial charge in [-0.05, 0) is 48.4 Å². The lowest BCUT2D eigenvalue weighted by molar-refractivity contribution is 0.00984. The van der Waals surface area contributed by atoms with Gasteiger partial charge >= 0.3 is 0 Å². The van der Waals surface area contributed by atoms with E-state index in [1.54, 1.807) is 37.8 Å². The van der Waals surface area contributed by atoms with E-state index in [1.165, 1.54) is 11.6 Å². The maximum Gasteiger partial charge on any atom is 0.229 e. The van der Waals surface area contributed by atoms with Gasteiger partial charge in [-0.1, -0.05) is 6.92 Å². The second-order valence-corrected chi connectivity index (χ2v) is 9.20. The molecule has 0 radical (unpaired) electrons. The summed E-state index contributed by atoms with van der Waals surface area (Å²) in [4.78, 5) is 8.74. The predicted molar refractivity (Wildman–Crippen MR) is 132 cm³/mol. The van der Waals surface area contributed by atoms with Crippen LogP contribution < -0.4 is 15.8 Å². The summed E-state index contributed by atoms with van der Waals surface area (Å²) >= 11 is 0. The van der Waals surface area contributed by atoms with E-state index in [0.29, 0.717) is 17.4 Å². The van der Waals surface area contributed by atoms with Crippen molar-refractivity contribution in [3.63, 3.8) is 0 Å². The molecule has 0 aliphatic heterocycles. The van der Waals surface area contributed by atoms with Gasteiger partial charge in [0.1, 0.15) is 17.4 Å². The smallest absolute Gasteiger partial charge is 0.229 e. The van der Waals surface area contributed by atoms with Gasteiger partial charge in [0, 0.05) is 31.5 Å². The standard InChI is InChI=1S/C26H28F2N6O2/c1-14-8-15(9-21(29)25(14)36-3)18-6-7-30-13-23(18)32-26-31-12-16-4-5-22(33-34(16)26)24-19(27)10-17(35-2)11-20(24)28/h4-7,10-15,21,25H,8-9,29H2,1-3H3,(H,31,32)/t14-,15+,21+,25+/m0/s1. The van der Waals surface area contributed by atoms with Gasteiger partial charge < -0.3 is 20.5 Å². The number of benzene rings is 1. The highest BCUT2D eigenvalue weighted by atomic mass is 19.1. The third kappa shape index (κ3) is 4.38. The van der Waals surface area contributed by atoms with Crippen molar-refractivity contribution in [2.24, 2.45) is 11.7 Å². The van der Waals surface area contributed by atoms with Gasteiger partial charge in [-0.25, -0.2) is 13.8 Å². The fourth-order valence-electron chi connectivity index (χ4n) is 5.22. The quantitative estimate of drug-likeness (QED) is 0.402. The number of rotatable bonds is 6. The Balaban J connectivity index is 1.49. The number of pyridine rings is 1. The predicted octanol–water partition coefficient (Wildman–Crippen LogP) is 4.68. The first-order valence-electron chi connectivity index (χ1n) is 11.8. The van der Waals surface area contributed by atoms with Crippen molar-refractivity contribution in [1.82, 2.24) is 19.6 Å². The molecule has 3 aromatic heterocycles. The molecule has 36 heavy (non-hydrogen) atoms. The van der Waals surface area contributed by atoms with Crippen LogP contribution >= 0.6 is 0 Å². The number of nitrogens with zero attached hydrogens (tertiary/aromatic N) is 4. The van der Waals surface area contributed by atoms with Gasteiger partial charge in [0.2, 0.25) is 5.95 Å². The van der Waals surface area contributed by atoms with E-state index in [1.807, 2.05) is 6.07 Å². The average molecular weight is 495 g/mol. The minimum Gasteiger partial charge on any atom is -0.497 e. The fraction of sp³-hybridized carbons (Fsp3) is 0.346. The minimum atomic E-state index is -0.764. The average Bonchev–Trinajstić information content (AvgIpc) is 3.25. The Hall–Kier alpha value is -3.63. The van der Waals surface area contributed by atoms with Crippen molar-refractivity contribution >= 4 is 17.2 Å². The summed E-state index contributed by atoms with van der Waals surface area (Å²) in [7, 11) is 3.06. The van der Waals surface area contributed by atoms with Crippen LogP contribution in [0, 0.1) is 17.6 Å². The number of nitrogens with one attached hydrogen (secondary N) is 1. The highest BCUT2D eigenvalue weighted by molar-refractivity contribution is 5.66. The number of fused-ring (bicyclic) bond motifs is 1. The molecule has 0 unspecified atom stereocenters. The Morgan fingerprint density at radius 1 is 1.08 bits per heavy atom. The van der Waals surface area contributed by atoms with E-state index >= 15 is 0 Å². The van der Waals surface area contributed by atoms with Crippen LogP contribution in [0.2, 0.25) is 0 Å². The molecule has 3 N–H and O–H groups in total. The summed E-state index contributed by atoms with van der Waals surface area (Å²) in [5.74, 6) is -0.518. The van der Waals surface area contributed by atoms with Crippen LogP contribution in [0.15, 0.2) is 48.9 Å². The van der Waals surface area contributed by atoms with Gasteiger partial charge in [-0.3, -0.25) is 4.98 Å². The minimum absolute atomic E-state index is 0.0251. The van der Waals surface area contributed by atoms with Crippen LogP contribution in [0.25, 0.3) is 16.8 Å². The summed E-state index contributed by atoms with van der Waals surface area (Å²) < 4.78 is 41.5. The second-order valence-electron chi connectivity index (χ2n) is 9.20. The topological polar surface area (TPSA) is 99.6 Å². The van der Waals surface area contributed by atoms with Crippen LogP contribution in [0.1, 0.15) is 31.2 Å². The van der Waals surface area contributed by atoms with Crippen LogP contribution in [0.4, 0.5) is 20.4 Å². The van der Waals surface area contributed by atoms with E-state index in [9.17, 15) is 8.78 Å². The summed E-state index contributed by atoms with van der Waals surface area (Å²) in [6, 6.07) is 7.43. The second kappa shape index (κ2) is 9.79. The van der Waals surface area contributed by atoms with Gasteiger partial charge in [-0.2, -0.15) is 9.61 Å². The molecule has 1 aromatic carbocycles. The molecule has 1 fully saturated rings. The third-order valence-corrected chi connectivity index (χ3v) is 6.90. The zero-order valence-electron chi connectivity index (χ0n) is 20.3. The van der Waals surface area contributed by atoms with Crippen LogP contribution in [-0.4, -0.2) is 45.9 Å². The molecule has 0 spiro atoms. The van der Waals surface area contributed by atoms with E-state index in [2.05, 4.69) is 27.3 Å². The Morgan fingerprint density at radius 2 is 1.86 bits per heavy atom. The largest absolute Gasteiger partial charge is 0.497 e. The Labute approximate surface area is 207 Å². The number of hydrogen-bond acceptors (Lipinski definition) is 7. The van der Waals surface area contributed by atoms with Crippen molar-refractivity contribution in [2.75, 3.05) is 19.5 Å². The zero-order valence-corrected chi connectivity index (χ0v) is 20.3. The van der Waals surface area contributed by atoms with Crippen LogP contribution in [-0.2, 0) is 4.74 Å². The van der Waals surface area contributed by atoms with E-state index in [4.69, 9.17) is 15.2 Å². The first-order chi connectivity index (χ1) is 17.4. The summed E-state index contributed by atoms with van der Waals surface area (Å²) in [6.45, 7) is 2.15. The normalized spacial score (nSPS) is 22.1. The third-order valence-electron chi connectivity index (χ3n) is 6.90. The van der Waals surface area contributed by atoms with Crippen molar-refractivity contribution in [3.8, 4) is 17.0 Å². The molecule has 4 atom stereocenters. The fourth-order valence-corrected chi connectivity index (χ4v) is 5.22. The number of hydrogen-bond donors (Lipinski definition) is 2. The van der Waals surface area contributed by atoms with Crippen molar-refractivity contribution in [3.05, 3.63) is 66.1 Å². The Morgan fingerprint density at radius 3 is 2.56 bits per heavy atom. The molecule has 1 aliphatic carbocycles. The van der Waals surface area contributed by atoms with Gasteiger partial charge in [-0.15, -0.1) is 0 Å².